The Balaban J connectivity index is 1.82. The van der Waals surface area contributed by atoms with Crippen LogP contribution < -0.4 is 5.32 Å². The maximum absolute atomic E-state index is 11.7. The monoisotopic (exact) mass is 280 g/mol. The number of ether oxygens (including phenoxy) is 1. The lowest BCUT2D eigenvalue weighted by Gasteiger charge is -2.24. The van der Waals surface area contributed by atoms with Crippen LogP contribution in [0.2, 0.25) is 0 Å². The summed E-state index contributed by atoms with van der Waals surface area (Å²) < 4.78 is 10.7. The van der Waals surface area contributed by atoms with Crippen LogP contribution in [0.3, 0.4) is 0 Å². The molecule has 2 rings (SSSR count). The van der Waals surface area contributed by atoms with Crippen LogP contribution in [0.4, 0.5) is 4.79 Å². The molecule has 2 atom stereocenters. The van der Waals surface area contributed by atoms with Gasteiger partial charge in [-0.25, -0.2) is 4.79 Å². The number of likely N-dealkylation sites (tertiary alicyclic amines) is 1. The van der Waals surface area contributed by atoms with Crippen LogP contribution >= 0.6 is 0 Å². The summed E-state index contributed by atoms with van der Waals surface area (Å²) in [6.45, 7) is 9.49. The van der Waals surface area contributed by atoms with Gasteiger partial charge in [0.2, 0.25) is 0 Å². The van der Waals surface area contributed by atoms with E-state index in [2.05, 4.69) is 17.1 Å². The minimum atomic E-state index is -0.455. The van der Waals surface area contributed by atoms with Gasteiger partial charge in [0.25, 0.3) is 0 Å². The van der Waals surface area contributed by atoms with Crippen LogP contribution in [0, 0.1) is 0 Å². The maximum atomic E-state index is 11.7. The van der Waals surface area contributed by atoms with Crippen LogP contribution in [0.25, 0.3) is 0 Å². The summed E-state index contributed by atoms with van der Waals surface area (Å²) in [5, 5.41) is 2.93. The third-order valence-corrected chi connectivity index (χ3v) is 3.44. The molecule has 112 valence electrons. The van der Waals surface area contributed by atoms with Gasteiger partial charge in [0.15, 0.2) is 0 Å². The first-order chi connectivity index (χ1) is 9.35. The van der Waals surface area contributed by atoms with Gasteiger partial charge in [0.05, 0.1) is 12.3 Å². The lowest BCUT2D eigenvalue weighted by Crippen LogP contribution is -2.40. The Hall–Kier alpha value is -1.49. The molecular weight excluding hydrogens is 256 g/mol. The molecule has 1 aliphatic heterocycles. The fraction of sp³-hybridized carbons (Fsp3) is 0.667. The molecule has 1 fully saturated rings. The highest BCUT2D eigenvalue weighted by Gasteiger charge is 2.29. The van der Waals surface area contributed by atoms with Crippen LogP contribution in [0.5, 0.6) is 0 Å². The van der Waals surface area contributed by atoms with Crippen molar-refractivity contribution < 1.29 is 13.9 Å². The van der Waals surface area contributed by atoms with Gasteiger partial charge in [-0.15, -0.1) is 0 Å². The number of rotatable bonds is 3. The van der Waals surface area contributed by atoms with E-state index in [9.17, 15) is 4.79 Å². The van der Waals surface area contributed by atoms with E-state index >= 15 is 0 Å². The molecule has 1 saturated heterocycles. The van der Waals surface area contributed by atoms with Crippen molar-refractivity contribution in [2.75, 3.05) is 13.1 Å². The maximum Gasteiger partial charge on any atom is 0.407 e. The molecule has 20 heavy (non-hydrogen) atoms. The van der Waals surface area contributed by atoms with E-state index in [1.54, 1.807) is 6.26 Å². The topological polar surface area (TPSA) is 54.7 Å². The van der Waals surface area contributed by atoms with Gasteiger partial charge in [-0.3, -0.25) is 4.90 Å². The first-order valence-electron chi connectivity index (χ1n) is 7.12. The minimum Gasteiger partial charge on any atom is -0.468 e. The highest BCUT2D eigenvalue weighted by atomic mass is 16.6. The number of hydrogen-bond donors (Lipinski definition) is 1. The minimum absolute atomic E-state index is 0.141. The van der Waals surface area contributed by atoms with E-state index < -0.39 is 5.60 Å². The van der Waals surface area contributed by atoms with E-state index in [1.807, 2.05) is 32.9 Å². The van der Waals surface area contributed by atoms with E-state index in [-0.39, 0.29) is 18.2 Å². The van der Waals surface area contributed by atoms with Crippen molar-refractivity contribution in [1.29, 1.82) is 0 Å². The van der Waals surface area contributed by atoms with Crippen molar-refractivity contribution >= 4 is 6.09 Å². The number of nitrogens with one attached hydrogen (secondary N) is 1. The number of amides is 1. The molecule has 0 aliphatic carbocycles. The molecule has 1 aliphatic rings. The Kier molecular flexibility index (Phi) is 4.38. The number of nitrogens with zero attached hydrogens (tertiary/aromatic N) is 1. The third kappa shape index (κ3) is 4.00. The summed E-state index contributed by atoms with van der Waals surface area (Å²) in [5.41, 5.74) is -0.455. The second-order valence-electron chi connectivity index (χ2n) is 6.32. The van der Waals surface area contributed by atoms with Crippen molar-refractivity contribution in [3.8, 4) is 0 Å². The van der Waals surface area contributed by atoms with Crippen molar-refractivity contribution in [3.63, 3.8) is 0 Å². The molecule has 1 aromatic rings. The van der Waals surface area contributed by atoms with Crippen molar-refractivity contribution in [2.24, 2.45) is 0 Å². The molecule has 0 bridgehead atoms. The number of furan rings is 1. The Morgan fingerprint density at radius 3 is 2.90 bits per heavy atom. The van der Waals surface area contributed by atoms with Crippen molar-refractivity contribution in [1.82, 2.24) is 10.2 Å². The molecular formula is C15H24N2O3. The summed E-state index contributed by atoms with van der Waals surface area (Å²) >= 11 is 0. The Bertz CT molecular complexity index is 436. The van der Waals surface area contributed by atoms with Crippen molar-refractivity contribution in [2.45, 2.75) is 51.8 Å². The Labute approximate surface area is 120 Å². The quantitative estimate of drug-likeness (QED) is 0.925. The van der Waals surface area contributed by atoms with E-state index in [0.29, 0.717) is 0 Å². The zero-order valence-corrected chi connectivity index (χ0v) is 12.7. The van der Waals surface area contributed by atoms with Gasteiger partial charge >= 0.3 is 6.09 Å². The summed E-state index contributed by atoms with van der Waals surface area (Å²) in [6.07, 6.45) is 2.29. The third-order valence-electron chi connectivity index (χ3n) is 3.44. The first kappa shape index (κ1) is 14.9. The standard InChI is InChI=1S/C15H24N2O3/c1-11(13-6-5-9-19-13)17-8-7-12(10-17)16-14(18)20-15(2,3)4/h5-6,9,11-12H,7-8,10H2,1-4H3,(H,16,18)/t11-,12-/m1/s1. The molecule has 5 nitrogen and oxygen atoms in total. The van der Waals surface area contributed by atoms with Crippen LogP contribution in [-0.4, -0.2) is 35.7 Å². The van der Waals surface area contributed by atoms with Crippen LogP contribution in [0.15, 0.2) is 22.8 Å². The number of hydrogen-bond acceptors (Lipinski definition) is 4. The van der Waals surface area contributed by atoms with Gasteiger partial charge in [-0.1, -0.05) is 0 Å². The molecule has 0 aromatic carbocycles. The first-order valence-corrected chi connectivity index (χ1v) is 7.12. The van der Waals surface area contributed by atoms with Gasteiger partial charge in [0, 0.05) is 19.1 Å². The molecule has 2 heterocycles. The van der Waals surface area contributed by atoms with Gasteiger partial charge < -0.3 is 14.5 Å². The van der Waals surface area contributed by atoms with E-state index in [4.69, 9.17) is 9.15 Å². The highest BCUT2D eigenvalue weighted by Crippen LogP contribution is 2.25. The molecule has 1 amide bonds. The smallest absolute Gasteiger partial charge is 0.407 e. The van der Waals surface area contributed by atoms with E-state index in [0.717, 1.165) is 25.3 Å². The Morgan fingerprint density at radius 2 is 2.30 bits per heavy atom. The zero-order chi connectivity index (χ0) is 14.8. The number of carbonyl (C=O) groups excluding carboxylic acids is 1. The SMILES string of the molecule is C[C@H](c1ccco1)N1CC[C@@H](NC(=O)OC(C)(C)C)C1. The van der Waals surface area contributed by atoms with Gasteiger partial charge in [-0.2, -0.15) is 0 Å². The van der Waals surface area contributed by atoms with Crippen LogP contribution in [0.1, 0.15) is 45.9 Å². The lowest BCUT2D eigenvalue weighted by atomic mass is 10.2. The number of carbonyl (C=O) groups is 1. The average Bonchev–Trinajstić information content (AvgIpc) is 2.95. The molecule has 5 heteroatoms. The summed E-state index contributed by atoms with van der Waals surface area (Å²) in [4.78, 5) is 14.1. The lowest BCUT2D eigenvalue weighted by molar-refractivity contribution is 0.0504. The second kappa shape index (κ2) is 5.87. The summed E-state index contributed by atoms with van der Waals surface area (Å²) in [5.74, 6) is 0.961. The van der Waals surface area contributed by atoms with Gasteiger partial charge in [-0.05, 0) is 46.2 Å². The van der Waals surface area contributed by atoms with E-state index in [1.165, 1.54) is 0 Å². The predicted octanol–water partition coefficient (Wildman–Crippen LogP) is 2.94. The summed E-state index contributed by atoms with van der Waals surface area (Å²) in [6, 6.07) is 4.26. The summed E-state index contributed by atoms with van der Waals surface area (Å²) in [7, 11) is 0. The Morgan fingerprint density at radius 1 is 1.55 bits per heavy atom. The number of alkyl carbamates (subject to hydrolysis) is 1. The fourth-order valence-corrected chi connectivity index (χ4v) is 2.44. The normalized spacial score (nSPS) is 21.7. The average molecular weight is 280 g/mol. The molecule has 0 saturated carbocycles. The predicted molar refractivity (Wildman–Crippen MR) is 76.5 cm³/mol. The zero-order valence-electron chi connectivity index (χ0n) is 12.7. The molecule has 0 spiro atoms. The van der Waals surface area contributed by atoms with Crippen molar-refractivity contribution in [3.05, 3.63) is 24.2 Å². The largest absolute Gasteiger partial charge is 0.468 e. The van der Waals surface area contributed by atoms with Gasteiger partial charge in [0.1, 0.15) is 11.4 Å². The molecule has 0 radical (unpaired) electrons. The fourth-order valence-electron chi connectivity index (χ4n) is 2.44. The highest BCUT2D eigenvalue weighted by molar-refractivity contribution is 5.68. The second-order valence-corrected chi connectivity index (χ2v) is 6.32. The van der Waals surface area contributed by atoms with Crippen LogP contribution in [-0.2, 0) is 4.74 Å². The molecule has 0 unspecified atom stereocenters. The molecule has 1 N–H and O–H groups in total. The molecule has 1 aromatic heterocycles.